The Hall–Kier alpha value is -2.33. The monoisotopic (exact) mass is 411 g/mol. The fourth-order valence-corrected chi connectivity index (χ4v) is 4.65. The van der Waals surface area contributed by atoms with Crippen LogP contribution < -0.4 is 9.80 Å². The Labute approximate surface area is 163 Å². The van der Waals surface area contributed by atoms with Crippen molar-refractivity contribution in [2.75, 3.05) is 49.1 Å². The van der Waals surface area contributed by atoms with Crippen LogP contribution in [-0.2, 0) is 10.0 Å². The van der Waals surface area contributed by atoms with Gasteiger partial charge in [-0.05, 0) is 38.1 Å². The molecule has 10 heteroatoms. The topological polar surface area (TPSA) is 69.6 Å². The van der Waals surface area contributed by atoms with E-state index in [2.05, 4.69) is 15.1 Å². The first-order valence-corrected chi connectivity index (χ1v) is 10.6. The summed E-state index contributed by atoms with van der Waals surface area (Å²) >= 11 is 0. The lowest BCUT2D eigenvalue weighted by Crippen LogP contribution is -2.49. The average molecular weight is 411 g/mol. The molecule has 28 heavy (non-hydrogen) atoms. The fraction of sp³-hybridized carbons (Fsp3) is 0.444. The van der Waals surface area contributed by atoms with Gasteiger partial charge in [0, 0.05) is 45.3 Å². The summed E-state index contributed by atoms with van der Waals surface area (Å²) in [6.45, 7) is 6.92. The van der Waals surface area contributed by atoms with Crippen LogP contribution in [0.5, 0.6) is 0 Å². The summed E-state index contributed by atoms with van der Waals surface area (Å²) in [5, 5.41) is 8.50. The van der Waals surface area contributed by atoms with Crippen LogP contribution in [0.1, 0.15) is 13.8 Å². The van der Waals surface area contributed by atoms with Crippen LogP contribution in [0.4, 0.5) is 20.4 Å². The molecule has 2 aromatic rings. The first-order valence-electron chi connectivity index (χ1n) is 9.15. The lowest BCUT2D eigenvalue weighted by molar-refractivity contribution is 0.380. The van der Waals surface area contributed by atoms with Crippen LogP contribution >= 0.6 is 0 Å². The van der Waals surface area contributed by atoms with Crippen LogP contribution in [0.25, 0.3) is 0 Å². The second kappa shape index (κ2) is 8.36. The normalized spacial score (nSPS) is 15.6. The smallest absolute Gasteiger partial charge is 0.246 e. The molecule has 1 aliphatic rings. The van der Waals surface area contributed by atoms with Gasteiger partial charge in [0.2, 0.25) is 10.0 Å². The van der Waals surface area contributed by atoms with Gasteiger partial charge in [0.15, 0.2) is 11.6 Å². The van der Waals surface area contributed by atoms with Crippen molar-refractivity contribution in [2.24, 2.45) is 0 Å². The SMILES string of the molecule is CCN(CC)c1ccc(N2CCN(S(=O)(=O)c3ccc(F)cc3F)CC2)nn1. The Morgan fingerprint density at radius 2 is 1.68 bits per heavy atom. The summed E-state index contributed by atoms with van der Waals surface area (Å²) in [6, 6.07) is 6.25. The number of piperazine rings is 1. The van der Waals surface area contributed by atoms with Gasteiger partial charge in [0.25, 0.3) is 0 Å². The van der Waals surface area contributed by atoms with Crippen LogP contribution in [0.15, 0.2) is 35.2 Å². The maximum atomic E-state index is 13.9. The maximum Gasteiger partial charge on any atom is 0.246 e. The van der Waals surface area contributed by atoms with E-state index >= 15 is 0 Å². The van der Waals surface area contributed by atoms with E-state index in [1.807, 2.05) is 30.9 Å². The number of benzene rings is 1. The van der Waals surface area contributed by atoms with Crippen molar-refractivity contribution in [3.05, 3.63) is 42.0 Å². The lowest BCUT2D eigenvalue weighted by Gasteiger charge is -2.34. The van der Waals surface area contributed by atoms with Crippen molar-refractivity contribution in [1.82, 2.24) is 14.5 Å². The van der Waals surface area contributed by atoms with Gasteiger partial charge in [-0.25, -0.2) is 17.2 Å². The molecule has 0 bridgehead atoms. The minimum absolute atomic E-state index is 0.179. The Morgan fingerprint density at radius 3 is 2.21 bits per heavy atom. The van der Waals surface area contributed by atoms with Crippen LogP contribution in [0.3, 0.4) is 0 Å². The Morgan fingerprint density at radius 1 is 1.00 bits per heavy atom. The molecule has 3 rings (SSSR count). The molecule has 7 nitrogen and oxygen atoms in total. The van der Waals surface area contributed by atoms with Gasteiger partial charge >= 0.3 is 0 Å². The molecular formula is C18H23F2N5O2S. The molecule has 0 amide bonds. The molecule has 1 aromatic carbocycles. The summed E-state index contributed by atoms with van der Waals surface area (Å²) < 4.78 is 53.5. The first kappa shape index (κ1) is 20.4. The standard InChI is InChI=1S/C18H23F2N5O2S/c1-3-23(4-2)17-7-8-18(22-21-17)24-9-11-25(12-10-24)28(26,27)16-6-5-14(19)13-15(16)20/h5-8,13H,3-4,9-12H2,1-2H3. The molecule has 2 heterocycles. The van der Waals surface area contributed by atoms with Gasteiger partial charge in [-0.1, -0.05) is 0 Å². The maximum absolute atomic E-state index is 13.9. The second-order valence-corrected chi connectivity index (χ2v) is 8.29. The minimum Gasteiger partial charge on any atom is -0.356 e. The number of nitrogens with zero attached hydrogens (tertiary/aromatic N) is 5. The van der Waals surface area contributed by atoms with E-state index in [0.717, 1.165) is 31.0 Å². The molecule has 0 N–H and O–H groups in total. The van der Waals surface area contributed by atoms with Gasteiger partial charge in [-0.2, -0.15) is 4.31 Å². The first-order chi connectivity index (χ1) is 13.4. The Bertz CT molecular complexity index is 912. The molecule has 1 saturated heterocycles. The highest BCUT2D eigenvalue weighted by atomic mass is 32.2. The Kier molecular flexibility index (Phi) is 6.09. The molecule has 0 saturated carbocycles. The molecular weight excluding hydrogens is 388 g/mol. The quantitative estimate of drug-likeness (QED) is 0.725. The van der Waals surface area contributed by atoms with E-state index < -0.39 is 26.6 Å². The third kappa shape index (κ3) is 4.07. The number of sulfonamides is 1. The Balaban J connectivity index is 1.68. The zero-order valence-corrected chi connectivity index (χ0v) is 16.7. The van der Waals surface area contributed by atoms with E-state index in [0.29, 0.717) is 25.0 Å². The number of rotatable bonds is 6. The number of hydrogen-bond donors (Lipinski definition) is 0. The van der Waals surface area contributed by atoms with Gasteiger partial charge in [-0.15, -0.1) is 10.2 Å². The van der Waals surface area contributed by atoms with Gasteiger partial charge < -0.3 is 9.80 Å². The number of anilines is 2. The van der Waals surface area contributed by atoms with E-state index in [9.17, 15) is 17.2 Å². The molecule has 152 valence electrons. The molecule has 1 aliphatic heterocycles. The summed E-state index contributed by atoms with van der Waals surface area (Å²) in [5.41, 5.74) is 0. The lowest BCUT2D eigenvalue weighted by atomic mass is 10.3. The predicted octanol–water partition coefficient (Wildman–Crippen LogP) is 2.11. The van der Waals surface area contributed by atoms with Crippen molar-refractivity contribution >= 4 is 21.7 Å². The zero-order chi connectivity index (χ0) is 20.3. The van der Waals surface area contributed by atoms with Gasteiger partial charge in [0.1, 0.15) is 16.5 Å². The van der Waals surface area contributed by atoms with E-state index in [1.54, 1.807) is 0 Å². The highest BCUT2D eigenvalue weighted by Crippen LogP contribution is 2.23. The van der Waals surface area contributed by atoms with Crippen LogP contribution in [0, 0.1) is 11.6 Å². The average Bonchev–Trinajstić information content (AvgIpc) is 2.69. The highest BCUT2D eigenvalue weighted by Gasteiger charge is 2.31. The number of halogens is 2. The largest absolute Gasteiger partial charge is 0.356 e. The molecule has 0 atom stereocenters. The van der Waals surface area contributed by atoms with Crippen molar-refractivity contribution < 1.29 is 17.2 Å². The van der Waals surface area contributed by atoms with Crippen molar-refractivity contribution in [3.8, 4) is 0 Å². The van der Waals surface area contributed by atoms with Crippen molar-refractivity contribution in [2.45, 2.75) is 18.7 Å². The number of hydrogen-bond acceptors (Lipinski definition) is 6. The van der Waals surface area contributed by atoms with E-state index in [1.165, 1.54) is 4.31 Å². The minimum atomic E-state index is -4.02. The summed E-state index contributed by atoms with van der Waals surface area (Å²) in [6.07, 6.45) is 0. The molecule has 0 unspecified atom stereocenters. The molecule has 0 aliphatic carbocycles. The van der Waals surface area contributed by atoms with E-state index in [4.69, 9.17) is 0 Å². The van der Waals surface area contributed by atoms with Gasteiger partial charge in [0.05, 0.1) is 0 Å². The van der Waals surface area contributed by atoms with Gasteiger partial charge in [-0.3, -0.25) is 0 Å². The van der Waals surface area contributed by atoms with E-state index in [-0.39, 0.29) is 13.1 Å². The third-order valence-corrected chi connectivity index (χ3v) is 6.73. The summed E-state index contributed by atoms with van der Waals surface area (Å²) in [7, 11) is -4.02. The number of aromatic nitrogens is 2. The fourth-order valence-electron chi connectivity index (χ4n) is 3.18. The molecule has 0 radical (unpaired) electrons. The molecule has 1 aromatic heterocycles. The van der Waals surface area contributed by atoms with Crippen LogP contribution in [-0.4, -0.2) is 62.2 Å². The highest BCUT2D eigenvalue weighted by molar-refractivity contribution is 7.89. The molecule has 0 spiro atoms. The predicted molar refractivity (Wildman–Crippen MR) is 103 cm³/mol. The third-order valence-electron chi connectivity index (χ3n) is 4.80. The zero-order valence-electron chi connectivity index (χ0n) is 15.8. The van der Waals surface area contributed by atoms with Crippen molar-refractivity contribution in [3.63, 3.8) is 0 Å². The van der Waals surface area contributed by atoms with Crippen molar-refractivity contribution in [1.29, 1.82) is 0 Å². The summed E-state index contributed by atoms with van der Waals surface area (Å²) in [5.74, 6) is -0.434. The molecule has 1 fully saturated rings. The second-order valence-electron chi connectivity index (χ2n) is 6.39. The van der Waals surface area contributed by atoms with Crippen LogP contribution in [0.2, 0.25) is 0 Å². The summed E-state index contributed by atoms with van der Waals surface area (Å²) in [4.78, 5) is 3.51.